The number of aryl methyl sites for hydroxylation is 1. The van der Waals surface area contributed by atoms with Gasteiger partial charge >= 0.3 is 5.97 Å². The lowest BCUT2D eigenvalue weighted by Gasteiger charge is -1.94. The molecule has 2 aromatic rings. The number of rotatable bonds is 4. The Hall–Kier alpha value is -2.10. The first-order chi connectivity index (χ1) is 8.06. The molecule has 0 unspecified atom stereocenters. The number of hydrogen-bond donors (Lipinski definition) is 2. The summed E-state index contributed by atoms with van der Waals surface area (Å²) in [6.45, 7) is 1.53. The van der Waals surface area contributed by atoms with Gasteiger partial charge in [0.25, 0.3) is 0 Å². The zero-order valence-electron chi connectivity index (χ0n) is 9.49. The molecule has 0 saturated carbocycles. The molecule has 1 aromatic heterocycles. The number of aromatic nitrogens is 1. The maximum Gasteiger partial charge on any atom is 0.303 e. The zero-order chi connectivity index (χ0) is 12.4. The van der Waals surface area contributed by atoms with Crippen molar-refractivity contribution >= 4 is 22.7 Å². The van der Waals surface area contributed by atoms with Crippen LogP contribution in [0.2, 0.25) is 0 Å². The zero-order valence-corrected chi connectivity index (χ0v) is 9.49. The van der Waals surface area contributed by atoms with Crippen molar-refractivity contribution in [3.05, 3.63) is 35.5 Å². The van der Waals surface area contributed by atoms with Gasteiger partial charge in [0.2, 0.25) is 0 Å². The highest BCUT2D eigenvalue weighted by atomic mass is 16.4. The van der Waals surface area contributed by atoms with E-state index in [0.717, 1.165) is 16.6 Å². The maximum atomic E-state index is 11.2. The molecular formula is C13H13NO3. The summed E-state index contributed by atoms with van der Waals surface area (Å²) in [6, 6.07) is 7.32. The summed E-state index contributed by atoms with van der Waals surface area (Å²) in [6.07, 6.45) is 0.575. The number of hydrogen-bond acceptors (Lipinski definition) is 2. The second-order valence-corrected chi connectivity index (χ2v) is 4.05. The van der Waals surface area contributed by atoms with E-state index in [0.29, 0.717) is 12.0 Å². The third kappa shape index (κ3) is 2.53. The standard InChI is InChI=1S/C13H13NO3/c1-8(15)9-2-4-12-10(6-9)7-11(14-12)3-5-13(16)17/h2,4,6-7,14H,3,5H2,1H3,(H,16,17). The first-order valence-electron chi connectivity index (χ1n) is 5.40. The molecule has 4 nitrogen and oxygen atoms in total. The van der Waals surface area contributed by atoms with Crippen LogP contribution in [0, 0.1) is 0 Å². The molecule has 0 fully saturated rings. The summed E-state index contributed by atoms with van der Waals surface area (Å²) in [7, 11) is 0. The highest BCUT2D eigenvalue weighted by molar-refractivity contribution is 5.98. The van der Waals surface area contributed by atoms with Crippen molar-refractivity contribution < 1.29 is 14.7 Å². The predicted octanol–water partition coefficient (Wildman–Crippen LogP) is 2.39. The van der Waals surface area contributed by atoms with Crippen LogP contribution in [0.5, 0.6) is 0 Å². The van der Waals surface area contributed by atoms with E-state index in [9.17, 15) is 9.59 Å². The van der Waals surface area contributed by atoms with Crippen LogP contribution < -0.4 is 0 Å². The SMILES string of the molecule is CC(=O)c1ccc2[nH]c(CCC(=O)O)cc2c1. The van der Waals surface area contributed by atoms with Crippen LogP contribution >= 0.6 is 0 Å². The Morgan fingerprint density at radius 1 is 1.29 bits per heavy atom. The molecule has 1 aromatic carbocycles. The fourth-order valence-corrected chi connectivity index (χ4v) is 1.79. The van der Waals surface area contributed by atoms with E-state index in [1.165, 1.54) is 6.92 Å². The lowest BCUT2D eigenvalue weighted by molar-refractivity contribution is -0.136. The van der Waals surface area contributed by atoms with E-state index in [1.807, 2.05) is 18.2 Å². The minimum absolute atomic E-state index is 0.0279. The number of aliphatic carboxylic acids is 1. The smallest absolute Gasteiger partial charge is 0.303 e. The number of H-pyrrole nitrogens is 1. The number of benzene rings is 1. The largest absolute Gasteiger partial charge is 0.481 e. The van der Waals surface area contributed by atoms with Crippen LogP contribution in [0.1, 0.15) is 29.4 Å². The number of nitrogens with one attached hydrogen (secondary N) is 1. The second kappa shape index (κ2) is 4.41. The van der Waals surface area contributed by atoms with E-state index < -0.39 is 5.97 Å². The molecule has 0 spiro atoms. The quantitative estimate of drug-likeness (QED) is 0.794. The van der Waals surface area contributed by atoms with Gasteiger partial charge in [0, 0.05) is 22.2 Å². The van der Waals surface area contributed by atoms with Gasteiger partial charge in [0.15, 0.2) is 5.78 Å². The highest BCUT2D eigenvalue weighted by Crippen LogP contribution is 2.18. The topological polar surface area (TPSA) is 70.2 Å². The molecule has 0 aliphatic heterocycles. The van der Waals surface area contributed by atoms with Gasteiger partial charge in [0.05, 0.1) is 6.42 Å². The molecule has 17 heavy (non-hydrogen) atoms. The Morgan fingerprint density at radius 2 is 2.06 bits per heavy atom. The molecule has 4 heteroatoms. The van der Waals surface area contributed by atoms with Crippen molar-refractivity contribution in [2.45, 2.75) is 19.8 Å². The molecule has 2 N–H and O–H groups in total. The number of ketones is 1. The molecule has 0 aliphatic rings. The Kier molecular flexibility index (Phi) is 2.95. The van der Waals surface area contributed by atoms with Crippen LogP contribution in [0.25, 0.3) is 10.9 Å². The summed E-state index contributed by atoms with van der Waals surface area (Å²) in [5, 5.41) is 9.55. The van der Waals surface area contributed by atoms with E-state index in [2.05, 4.69) is 4.98 Å². The molecule has 0 atom stereocenters. The molecule has 0 saturated heterocycles. The Balaban J connectivity index is 2.30. The summed E-state index contributed by atoms with van der Waals surface area (Å²) >= 11 is 0. The molecule has 0 aliphatic carbocycles. The minimum atomic E-state index is -0.812. The van der Waals surface area contributed by atoms with Crippen molar-refractivity contribution in [1.29, 1.82) is 0 Å². The minimum Gasteiger partial charge on any atom is -0.481 e. The van der Waals surface area contributed by atoms with Gasteiger partial charge in [-0.15, -0.1) is 0 Å². The first-order valence-corrected chi connectivity index (χ1v) is 5.40. The third-order valence-electron chi connectivity index (χ3n) is 2.69. The van der Waals surface area contributed by atoms with Crippen molar-refractivity contribution in [3.8, 4) is 0 Å². The van der Waals surface area contributed by atoms with Crippen molar-refractivity contribution in [2.24, 2.45) is 0 Å². The third-order valence-corrected chi connectivity index (χ3v) is 2.69. The van der Waals surface area contributed by atoms with E-state index in [4.69, 9.17) is 5.11 Å². The van der Waals surface area contributed by atoms with E-state index in [-0.39, 0.29) is 12.2 Å². The molecule has 0 bridgehead atoms. The molecule has 1 heterocycles. The molecular weight excluding hydrogens is 218 g/mol. The van der Waals surface area contributed by atoms with Gasteiger partial charge in [-0.2, -0.15) is 0 Å². The Bertz CT molecular complexity index is 583. The molecule has 2 rings (SSSR count). The van der Waals surface area contributed by atoms with Crippen molar-refractivity contribution in [1.82, 2.24) is 4.98 Å². The summed E-state index contributed by atoms with van der Waals surface area (Å²) < 4.78 is 0. The second-order valence-electron chi connectivity index (χ2n) is 4.05. The van der Waals surface area contributed by atoms with Gasteiger partial charge in [-0.25, -0.2) is 0 Å². The lowest BCUT2D eigenvalue weighted by Crippen LogP contribution is -1.97. The van der Waals surface area contributed by atoms with Gasteiger partial charge in [-0.3, -0.25) is 9.59 Å². The van der Waals surface area contributed by atoms with Crippen LogP contribution in [0.15, 0.2) is 24.3 Å². The Labute approximate surface area is 98.3 Å². The van der Waals surface area contributed by atoms with Crippen LogP contribution in [-0.4, -0.2) is 21.8 Å². The van der Waals surface area contributed by atoms with Crippen molar-refractivity contribution in [3.63, 3.8) is 0 Å². The normalized spacial score (nSPS) is 10.6. The van der Waals surface area contributed by atoms with Gasteiger partial charge in [0.1, 0.15) is 0 Å². The van der Waals surface area contributed by atoms with Crippen molar-refractivity contribution in [2.75, 3.05) is 0 Å². The fourth-order valence-electron chi connectivity index (χ4n) is 1.79. The highest BCUT2D eigenvalue weighted by Gasteiger charge is 2.05. The van der Waals surface area contributed by atoms with E-state index in [1.54, 1.807) is 6.07 Å². The lowest BCUT2D eigenvalue weighted by atomic mass is 10.1. The first kappa shape index (κ1) is 11.4. The monoisotopic (exact) mass is 231 g/mol. The average molecular weight is 231 g/mol. The number of aromatic amines is 1. The van der Waals surface area contributed by atoms with Crippen LogP contribution in [0.3, 0.4) is 0 Å². The van der Waals surface area contributed by atoms with Gasteiger partial charge in [-0.05, 0) is 37.6 Å². The summed E-state index contributed by atoms with van der Waals surface area (Å²) in [5.74, 6) is -0.784. The van der Waals surface area contributed by atoms with E-state index >= 15 is 0 Å². The summed E-state index contributed by atoms with van der Waals surface area (Å²) in [5.41, 5.74) is 2.47. The van der Waals surface area contributed by atoms with Crippen LogP contribution in [0.4, 0.5) is 0 Å². The Morgan fingerprint density at radius 3 is 2.71 bits per heavy atom. The molecule has 0 amide bonds. The average Bonchev–Trinajstić information content (AvgIpc) is 2.67. The van der Waals surface area contributed by atoms with Gasteiger partial charge < -0.3 is 10.1 Å². The van der Waals surface area contributed by atoms with Crippen LogP contribution in [-0.2, 0) is 11.2 Å². The molecule has 0 radical (unpaired) electrons. The summed E-state index contributed by atoms with van der Waals surface area (Å²) in [4.78, 5) is 24.8. The fraction of sp³-hybridized carbons (Fsp3) is 0.231. The maximum absolute atomic E-state index is 11.2. The number of carboxylic acids is 1. The number of Topliss-reactive ketones (excluding diaryl/α,β-unsaturated/α-hetero) is 1. The number of fused-ring (bicyclic) bond motifs is 1. The van der Waals surface area contributed by atoms with Gasteiger partial charge in [-0.1, -0.05) is 0 Å². The number of carbonyl (C=O) groups excluding carboxylic acids is 1. The predicted molar refractivity (Wildman–Crippen MR) is 64.3 cm³/mol. The number of carbonyl (C=O) groups is 2. The molecule has 88 valence electrons. The number of carboxylic acid groups (broad SMARTS) is 1.